The van der Waals surface area contributed by atoms with E-state index in [1.165, 1.54) is 22.0 Å². The van der Waals surface area contributed by atoms with Gasteiger partial charge in [0.2, 0.25) is 0 Å². The lowest BCUT2D eigenvalue weighted by Gasteiger charge is -2.08. The van der Waals surface area contributed by atoms with Crippen LogP contribution in [-0.4, -0.2) is 57.5 Å². The number of carbonyl (C=O) groups excluding carboxylic acids is 2. The van der Waals surface area contributed by atoms with Gasteiger partial charge in [-0.25, -0.2) is 9.48 Å². The second-order valence-electron chi connectivity index (χ2n) is 4.37. The van der Waals surface area contributed by atoms with E-state index in [4.69, 9.17) is 4.74 Å². The fourth-order valence-corrected chi connectivity index (χ4v) is 1.56. The third-order valence-electron chi connectivity index (χ3n) is 2.60. The molecule has 21 heavy (non-hydrogen) atoms. The van der Waals surface area contributed by atoms with Crippen LogP contribution in [0.15, 0.2) is 24.5 Å². The molecule has 0 bridgehead atoms. The lowest BCUT2D eigenvalue weighted by Crippen LogP contribution is -2.23. The van der Waals surface area contributed by atoms with Crippen LogP contribution in [0.5, 0.6) is 0 Å². The van der Waals surface area contributed by atoms with Crippen molar-refractivity contribution >= 4 is 11.9 Å². The highest BCUT2D eigenvalue weighted by molar-refractivity contribution is 5.91. The molecule has 2 rings (SSSR count). The molecule has 0 saturated carbocycles. The maximum Gasteiger partial charge on any atom is 0.341 e. The van der Waals surface area contributed by atoms with Crippen LogP contribution in [0.2, 0.25) is 0 Å². The van der Waals surface area contributed by atoms with Crippen molar-refractivity contribution in [3.8, 4) is 5.82 Å². The highest BCUT2D eigenvalue weighted by Gasteiger charge is 2.13. The Hall–Kier alpha value is -2.77. The number of esters is 1. The molecule has 2 aromatic rings. The summed E-state index contributed by atoms with van der Waals surface area (Å²) in [5.74, 6) is -0.279. The van der Waals surface area contributed by atoms with E-state index in [0.717, 1.165) is 0 Å². The third-order valence-corrected chi connectivity index (χ3v) is 2.60. The summed E-state index contributed by atoms with van der Waals surface area (Å²) in [6.45, 7) is 2.03. The highest BCUT2D eigenvalue weighted by atomic mass is 16.5. The Labute approximate surface area is 121 Å². The molecule has 0 aliphatic carbocycles. The van der Waals surface area contributed by atoms with E-state index in [1.54, 1.807) is 33.2 Å². The minimum Gasteiger partial charge on any atom is -0.462 e. The first-order valence-electron chi connectivity index (χ1n) is 6.30. The molecule has 110 valence electrons. The molecule has 2 heterocycles. The van der Waals surface area contributed by atoms with Gasteiger partial charge in [-0.3, -0.25) is 4.79 Å². The second kappa shape index (κ2) is 6.12. The van der Waals surface area contributed by atoms with E-state index >= 15 is 0 Å². The van der Waals surface area contributed by atoms with E-state index in [2.05, 4.69) is 15.3 Å². The van der Waals surface area contributed by atoms with Crippen molar-refractivity contribution in [3.05, 3.63) is 35.8 Å². The van der Waals surface area contributed by atoms with Crippen molar-refractivity contribution in [2.45, 2.75) is 6.92 Å². The van der Waals surface area contributed by atoms with E-state index in [1.807, 2.05) is 0 Å². The molecular weight excluding hydrogens is 274 g/mol. The minimum absolute atomic E-state index is 0.235. The molecule has 0 unspecified atom stereocenters. The van der Waals surface area contributed by atoms with Crippen LogP contribution in [0.25, 0.3) is 5.82 Å². The predicted molar refractivity (Wildman–Crippen MR) is 73.1 cm³/mol. The van der Waals surface area contributed by atoms with Crippen LogP contribution in [-0.2, 0) is 4.74 Å². The first-order chi connectivity index (χ1) is 10.0. The van der Waals surface area contributed by atoms with Crippen LogP contribution in [0.4, 0.5) is 0 Å². The quantitative estimate of drug-likeness (QED) is 0.763. The summed E-state index contributed by atoms with van der Waals surface area (Å²) in [7, 11) is 3.27. The summed E-state index contributed by atoms with van der Waals surface area (Å²) in [4.78, 5) is 24.7. The Balaban J connectivity index is 2.19. The van der Waals surface area contributed by atoms with E-state index in [0.29, 0.717) is 18.0 Å². The summed E-state index contributed by atoms with van der Waals surface area (Å²) in [6.07, 6.45) is 2.88. The molecule has 0 aliphatic heterocycles. The van der Waals surface area contributed by atoms with Crippen molar-refractivity contribution in [2.75, 3.05) is 20.7 Å². The smallest absolute Gasteiger partial charge is 0.341 e. The van der Waals surface area contributed by atoms with Gasteiger partial charge in [0.15, 0.2) is 11.5 Å². The van der Waals surface area contributed by atoms with Gasteiger partial charge in [-0.2, -0.15) is 5.10 Å². The molecule has 0 spiro atoms. The molecule has 8 nitrogen and oxygen atoms in total. The monoisotopic (exact) mass is 289 g/mol. The summed E-state index contributed by atoms with van der Waals surface area (Å²) in [5, 5.41) is 11.8. The lowest BCUT2D eigenvalue weighted by molar-refractivity contribution is 0.0526. The van der Waals surface area contributed by atoms with Gasteiger partial charge in [0.05, 0.1) is 18.4 Å². The van der Waals surface area contributed by atoms with Crippen LogP contribution >= 0.6 is 0 Å². The van der Waals surface area contributed by atoms with Gasteiger partial charge in [-0.05, 0) is 19.1 Å². The molecule has 1 amide bonds. The Bertz CT molecular complexity index is 648. The van der Waals surface area contributed by atoms with Crippen molar-refractivity contribution < 1.29 is 14.3 Å². The number of hydrogen-bond donors (Lipinski definition) is 0. The largest absolute Gasteiger partial charge is 0.462 e. The fraction of sp³-hybridized carbons (Fsp3) is 0.308. The van der Waals surface area contributed by atoms with Gasteiger partial charge >= 0.3 is 5.97 Å². The predicted octanol–water partition coefficient (Wildman–Crippen LogP) is 0.541. The van der Waals surface area contributed by atoms with E-state index in [-0.39, 0.29) is 11.6 Å². The standard InChI is InChI=1S/C13H15N5O3/c1-4-21-13(20)9-7-14-18(8-9)11-6-5-10(15-16-11)12(19)17(2)3/h5-8H,4H2,1-3H3. The molecule has 0 N–H and O–H groups in total. The van der Waals surface area contributed by atoms with Gasteiger partial charge in [-0.15, -0.1) is 10.2 Å². The van der Waals surface area contributed by atoms with Crippen LogP contribution in [0, 0.1) is 0 Å². The zero-order valence-electron chi connectivity index (χ0n) is 12.0. The highest BCUT2D eigenvalue weighted by Crippen LogP contribution is 2.07. The molecule has 0 aromatic carbocycles. The minimum atomic E-state index is -0.448. The van der Waals surface area contributed by atoms with Crippen LogP contribution in [0.3, 0.4) is 0 Å². The number of rotatable bonds is 4. The average Bonchev–Trinajstić information content (AvgIpc) is 2.96. The van der Waals surface area contributed by atoms with Crippen molar-refractivity contribution in [1.29, 1.82) is 0 Å². The molecule has 8 heteroatoms. The number of carbonyl (C=O) groups is 2. The summed E-state index contributed by atoms with van der Waals surface area (Å²) in [5.41, 5.74) is 0.564. The van der Waals surface area contributed by atoms with Gasteiger partial charge in [-0.1, -0.05) is 0 Å². The molecular formula is C13H15N5O3. The zero-order chi connectivity index (χ0) is 15.4. The molecule has 0 atom stereocenters. The van der Waals surface area contributed by atoms with Crippen LogP contribution in [0.1, 0.15) is 27.8 Å². The first-order valence-corrected chi connectivity index (χ1v) is 6.30. The Morgan fingerprint density at radius 1 is 1.29 bits per heavy atom. The van der Waals surface area contributed by atoms with Crippen molar-refractivity contribution in [1.82, 2.24) is 24.9 Å². The topological polar surface area (TPSA) is 90.2 Å². The van der Waals surface area contributed by atoms with Crippen molar-refractivity contribution in [3.63, 3.8) is 0 Å². The van der Waals surface area contributed by atoms with Crippen LogP contribution < -0.4 is 0 Å². The molecule has 0 saturated heterocycles. The Morgan fingerprint density at radius 3 is 2.62 bits per heavy atom. The summed E-state index contributed by atoms with van der Waals surface area (Å²) >= 11 is 0. The maximum absolute atomic E-state index is 11.7. The SMILES string of the molecule is CCOC(=O)c1cnn(-c2ccc(C(=O)N(C)C)nn2)c1. The summed E-state index contributed by atoms with van der Waals surface area (Å²) in [6, 6.07) is 3.15. The number of aromatic nitrogens is 4. The van der Waals surface area contributed by atoms with Crippen molar-refractivity contribution in [2.24, 2.45) is 0 Å². The number of nitrogens with zero attached hydrogens (tertiary/aromatic N) is 5. The third kappa shape index (κ3) is 3.22. The Morgan fingerprint density at radius 2 is 2.05 bits per heavy atom. The maximum atomic E-state index is 11.7. The zero-order valence-corrected chi connectivity index (χ0v) is 12.0. The molecule has 2 aromatic heterocycles. The second-order valence-corrected chi connectivity index (χ2v) is 4.37. The van der Waals surface area contributed by atoms with E-state index < -0.39 is 5.97 Å². The number of ether oxygens (including phenoxy) is 1. The number of amides is 1. The van der Waals surface area contributed by atoms with Gasteiger partial charge in [0.1, 0.15) is 0 Å². The Kier molecular flexibility index (Phi) is 4.27. The first kappa shape index (κ1) is 14.6. The molecule has 0 radical (unpaired) electrons. The summed E-state index contributed by atoms with van der Waals surface area (Å²) < 4.78 is 6.27. The average molecular weight is 289 g/mol. The molecule has 0 aliphatic rings. The van der Waals surface area contributed by atoms with Gasteiger partial charge in [0.25, 0.3) is 5.91 Å². The van der Waals surface area contributed by atoms with E-state index in [9.17, 15) is 9.59 Å². The lowest BCUT2D eigenvalue weighted by atomic mass is 10.3. The van der Waals surface area contributed by atoms with Gasteiger partial charge in [0, 0.05) is 20.3 Å². The number of hydrogen-bond acceptors (Lipinski definition) is 6. The normalized spacial score (nSPS) is 10.2. The molecule has 0 fully saturated rings. The van der Waals surface area contributed by atoms with Gasteiger partial charge < -0.3 is 9.64 Å². The fourth-order valence-electron chi connectivity index (χ4n) is 1.56.